The summed E-state index contributed by atoms with van der Waals surface area (Å²) in [4.78, 5) is 19.5. The van der Waals surface area contributed by atoms with Crippen LogP contribution in [0.1, 0.15) is 26.3 Å². The second-order valence-corrected chi connectivity index (χ2v) is 7.10. The van der Waals surface area contributed by atoms with Gasteiger partial charge in [0.25, 0.3) is 0 Å². The summed E-state index contributed by atoms with van der Waals surface area (Å²) in [5.74, 6) is 0.225. The molecule has 0 bridgehead atoms. The van der Waals surface area contributed by atoms with Crippen LogP contribution in [0.4, 0.5) is 0 Å². The van der Waals surface area contributed by atoms with E-state index in [2.05, 4.69) is 46.7 Å². The van der Waals surface area contributed by atoms with Crippen molar-refractivity contribution in [3.05, 3.63) is 48.0 Å². The molecule has 0 N–H and O–H groups in total. The number of amides is 1. The molecule has 1 atom stereocenters. The summed E-state index contributed by atoms with van der Waals surface area (Å²) in [5.41, 5.74) is 2.43. The molecule has 1 heterocycles. The van der Waals surface area contributed by atoms with Crippen molar-refractivity contribution in [2.24, 2.45) is 0 Å². The monoisotopic (exact) mass is 343 g/mol. The summed E-state index contributed by atoms with van der Waals surface area (Å²) < 4.78 is 0. The van der Waals surface area contributed by atoms with Gasteiger partial charge in [0.2, 0.25) is 5.91 Å². The molecule has 1 unspecified atom stereocenters. The molecule has 1 aliphatic heterocycles. The third-order valence-electron chi connectivity index (χ3n) is 5.03. The number of hydrogen-bond donors (Lipinski definition) is 0. The van der Waals surface area contributed by atoms with Gasteiger partial charge in [-0.05, 0) is 32.8 Å². The Hall–Kier alpha value is -1.65. The molecule has 4 heteroatoms. The van der Waals surface area contributed by atoms with Crippen LogP contribution in [0.3, 0.4) is 0 Å². The van der Waals surface area contributed by atoms with E-state index in [0.29, 0.717) is 6.54 Å². The van der Waals surface area contributed by atoms with Crippen LogP contribution in [0.5, 0.6) is 0 Å². The van der Waals surface area contributed by atoms with Crippen LogP contribution in [0.2, 0.25) is 0 Å². The van der Waals surface area contributed by atoms with Gasteiger partial charge >= 0.3 is 0 Å². The molecule has 138 valence electrons. The first kappa shape index (κ1) is 19.7. The first-order valence-corrected chi connectivity index (χ1v) is 9.44. The van der Waals surface area contributed by atoms with Gasteiger partial charge in [0, 0.05) is 45.8 Å². The molecule has 25 heavy (non-hydrogen) atoms. The summed E-state index contributed by atoms with van der Waals surface area (Å²) >= 11 is 0. The van der Waals surface area contributed by atoms with E-state index in [1.54, 1.807) is 0 Å². The van der Waals surface area contributed by atoms with Gasteiger partial charge in [-0.25, -0.2) is 0 Å². The number of nitrogens with zero attached hydrogens (tertiary/aromatic N) is 3. The lowest BCUT2D eigenvalue weighted by atomic mass is 10.1. The largest absolute Gasteiger partial charge is 0.338 e. The van der Waals surface area contributed by atoms with Gasteiger partial charge in [0.05, 0.1) is 6.04 Å². The molecule has 1 fully saturated rings. The predicted molar refractivity (Wildman–Crippen MR) is 105 cm³/mol. The minimum absolute atomic E-state index is 0.0458. The molecule has 0 aromatic heterocycles. The van der Waals surface area contributed by atoms with Crippen molar-refractivity contribution >= 4 is 5.91 Å². The van der Waals surface area contributed by atoms with Gasteiger partial charge in [0.15, 0.2) is 0 Å². The van der Waals surface area contributed by atoms with Crippen LogP contribution in [0.15, 0.2) is 42.5 Å². The first-order chi connectivity index (χ1) is 12.0. The van der Waals surface area contributed by atoms with Crippen molar-refractivity contribution in [1.29, 1.82) is 0 Å². The number of rotatable bonds is 8. The smallest absolute Gasteiger partial charge is 0.239 e. The quantitative estimate of drug-likeness (QED) is 0.679. The zero-order chi connectivity index (χ0) is 18.2. The highest BCUT2D eigenvalue weighted by Gasteiger charge is 2.28. The van der Waals surface area contributed by atoms with Crippen molar-refractivity contribution in [1.82, 2.24) is 14.7 Å². The molecule has 0 aliphatic carbocycles. The lowest BCUT2D eigenvalue weighted by Gasteiger charge is -2.39. The number of hydrogen-bond acceptors (Lipinski definition) is 3. The third-order valence-corrected chi connectivity index (χ3v) is 5.03. The first-order valence-electron chi connectivity index (χ1n) is 9.44. The van der Waals surface area contributed by atoms with Crippen molar-refractivity contribution in [2.45, 2.75) is 33.2 Å². The normalized spacial score (nSPS) is 17.2. The van der Waals surface area contributed by atoms with E-state index < -0.39 is 0 Å². The summed E-state index contributed by atoms with van der Waals surface area (Å²) in [6.45, 7) is 16.5. The molecule has 1 amide bonds. The molecule has 1 saturated heterocycles. The average Bonchev–Trinajstić information content (AvgIpc) is 2.64. The SMILES string of the molecule is C=C(C)CN(CC)C(=O)C(C)N1CCN(CCc2ccccc2)CC1. The van der Waals surface area contributed by atoms with Crippen LogP contribution in [0.25, 0.3) is 0 Å². The molecule has 1 aromatic rings. The van der Waals surface area contributed by atoms with Crippen molar-refractivity contribution in [3.63, 3.8) is 0 Å². The van der Waals surface area contributed by atoms with Gasteiger partial charge < -0.3 is 9.80 Å². The molecule has 0 spiro atoms. The Balaban J connectivity index is 1.78. The fraction of sp³-hybridized carbons (Fsp3) is 0.571. The zero-order valence-electron chi connectivity index (χ0n) is 16.1. The van der Waals surface area contributed by atoms with Gasteiger partial charge in [0.1, 0.15) is 0 Å². The van der Waals surface area contributed by atoms with Gasteiger partial charge in [-0.15, -0.1) is 0 Å². The van der Waals surface area contributed by atoms with E-state index in [1.165, 1.54) is 5.56 Å². The van der Waals surface area contributed by atoms with Gasteiger partial charge in [-0.2, -0.15) is 0 Å². The molecule has 4 nitrogen and oxygen atoms in total. The molecule has 1 aromatic carbocycles. The van der Waals surface area contributed by atoms with E-state index in [0.717, 1.165) is 51.3 Å². The Morgan fingerprint density at radius 2 is 1.84 bits per heavy atom. The van der Waals surface area contributed by atoms with E-state index in [-0.39, 0.29) is 11.9 Å². The summed E-state index contributed by atoms with van der Waals surface area (Å²) in [6, 6.07) is 10.6. The summed E-state index contributed by atoms with van der Waals surface area (Å²) in [6.07, 6.45) is 1.09. The number of carbonyl (C=O) groups excluding carboxylic acids is 1. The Bertz CT molecular complexity index is 550. The van der Waals surface area contributed by atoms with E-state index >= 15 is 0 Å². The summed E-state index contributed by atoms with van der Waals surface area (Å²) in [7, 11) is 0. The maximum Gasteiger partial charge on any atom is 0.239 e. The fourth-order valence-corrected chi connectivity index (χ4v) is 3.40. The highest BCUT2D eigenvalue weighted by molar-refractivity contribution is 5.81. The minimum atomic E-state index is -0.0458. The molecule has 2 rings (SSSR count). The molecular weight excluding hydrogens is 310 g/mol. The second-order valence-electron chi connectivity index (χ2n) is 7.10. The van der Waals surface area contributed by atoms with E-state index in [1.807, 2.05) is 25.7 Å². The lowest BCUT2D eigenvalue weighted by Crippen LogP contribution is -2.54. The van der Waals surface area contributed by atoms with Crippen molar-refractivity contribution < 1.29 is 4.79 Å². The average molecular weight is 344 g/mol. The zero-order valence-corrected chi connectivity index (χ0v) is 16.1. The van der Waals surface area contributed by atoms with E-state index in [4.69, 9.17) is 0 Å². The van der Waals surface area contributed by atoms with Crippen LogP contribution in [-0.4, -0.2) is 72.5 Å². The lowest BCUT2D eigenvalue weighted by molar-refractivity contribution is -0.136. The molecule has 0 saturated carbocycles. The molecule has 0 radical (unpaired) electrons. The standard InChI is InChI=1S/C21H33N3O/c1-5-23(17-18(2)3)21(25)19(4)24-15-13-22(14-16-24)12-11-20-9-7-6-8-10-20/h6-10,19H,2,5,11-17H2,1,3-4H3. The van der Waals surface area contributed by atoms with E-state index in [9.17, 15) is 4.79 Å². The Morgan fingerprint density at radius 3 is 2.40 bits per heavy atom. The molecule has 1 aliphatic rings. The van der Waals surface area contributed by atoms with Crippen LogP contribution < -0.4 is 0 Å². The van der Waals surface area contributed by atoms with Crippen molar-refractivity contribution in [3.8, 4) is 0 Å². The minimum Gasteiger partial charge on any atom is -0.338 e. The van der Waals surface area contributed by atoms with Crippen molar-refractivity contribution in [2.75, 3.05) is 45.8 Å². The fourth-order valence-electron chi connectivity index (χ4n) is 3.40. The number of piperazine rings is 1. The Kier molecular flexibility index (Phi) is 7.66. The Morgan fingerprint density at radius 1 is 1.20 bits per heavy atom. The second kappa shape index (κ2) is 9.73. The van der Waals surface area contributed by atoms with Gasteiger partial charge in [-0.1, -0.05) is 42.5 Å². The number of benzene rings is 1. The number of carbonyl (C=O) groups is 1. The van der Waals surface area contributed by atoms with Crippen LogP contribution >= 0.6 is 0 Å². The molecular formula is C21H33N3O. The maximum atomic E-state index is 12.7. The number of likely N-dealkylation sites (N-methyl/N-ethyl adjacent to an activating group) is 1. The highest BCUT2D eigenvalue weighted by atomic mass is 16.2. The topological polar surface area (TPSA) is 26.8 Å². The highest BCUT2D eigenvalue weighted by Crippen LogP contribution is 2.11. The van der Waals surface area contributed by atoms with Crippen LogP contribution in [0, 0.1) is 0 Å². The van der Waals surface area contributed by atoms with Gasteiger partial charge in [-0.3, -0.25) is 9.69 Å². The van der Waals surface area contributed by atoms with Crippen LogP contribution in [-0.2, 0) is 11.2 Å². The Labute approximate surface area is 153 Å². The predicted octanol–water partition coefficient (Wildman–Crippen LogP) is 2.66. The summed E-state index contributed by atoms with van der Waals surface area (Å²) in [5, 5.41) is 0. The maximum absolute atomic E-state index is 12.7. The third kappa shape index (κ3) is 5.98.